The lowest BCUT2D eigenvalue weighted by Gasteiger charge is -2.32. The van der Waals surface area contributed by atoms with Gasteiger partial charge in [-0.05, 0) is 61.2 Å². The number of carbonyl (C=O) groups is 2. The highest BCUT2D eigenvalue weighted by Gasteiger charge is 2.34. The summed E-state index contributed by atoms with van der Waals surface area (Å²) in [5.74, 6) is -0.276. The molecule has 4 N–H and O–H groups in total. The number of rotatable bonds is 6. The number of carboxylic acids is 1. The minimum Gasteiger partial charge on any atom is -0.478 e. The summed E-state index contributed by atoms with van der Waals surface area (Å²) in [5, 5.41) is 12.4. The van der Waals surface area contributed by atoms with Crippen LogP contribution in [0.3, 0.4) is 0 Å². The van der Waals surface area contributed by atoms with Crippen molar-refractivity contribution in [2.75, 3.05) is 11.1 Å². The molecule has 7 nitrogen and oxygen atoms in total. The number of nitrogen functional groups attached to an aromatic ring is 1. The van der Waals surface area contributed by atoms with Gasteiger partial charge in [0.05, 0.1) is 16.6 Å². The molecule has 4 aromatic rings. The van der Waals surface area contributed by atoms with Gasteiger partial charge in [0.25, 0.3) is 0 Å². The van der Waals surface area contributed by atoms with Gasteiger partial charge in [0.2, 0.25) is 5.91 Å². The van der Waals surface area contributed by atoms with E-state index in [4.69, 9.17) is 10.7 Å². The fraction of sp³-hybridized carbons (Fsp3) is 0.250. The molecule has 0 aliphatic heterocycles. The van der Waals surface area contributed by atoms with Crippen molar-refractivity contribution < 1.29 is 14.7 Å². The van der Waals surface area contributed by atoms with Gasteiger partial charge in [-0.15, -0.1) is 0 Å². The van der Waals surface area contributed by atoms with Gasteiger partial charge in [-0.3, -0.25) is 4.79 Å². The predicted octanol–water partition coefficient (Wildman–Crippen LogP) is 5.74. The molecular weight excluding hydrogens is 440 g/mol. The third-order valence-corrected chi connectivity index (χ3v) is 6.78. The maximum atomic E-state index is 13.9. The van der Waals surface area contributed by atoms with Crippen molar-refractivity contribution in [1.82, 2.24) is 9.55 Å². The van der Waals surface area contributed by atoms with Crippen molar-refractivity contribution in [2.24, 2.45) is 5.92 Å². The molecule has 7 heteroatoms. The molecule has 1 atom stereocenters. The van der Waals surface area contributed by atoms with Crippen LogP contribution in [-0.2, 0) is 4.79 Å². The van der Waals surface area contributed by atoms with E-state index in [2.05, 4.69) is 5.32 Å². The number of para-hydroxylation sites is 2. The minimum absolute atomic E-state index is 0.103. The highest BCUT2D eigenvalue weighted by atomic mass is 16.4. The molecule has 1 saturated carbocycles. The number of aromatic nitrogens is 2. The Hall–Kier alpha value is -4.13. The van der Waals surface area contributed by atoms with E-state index in [1.807, 2.05) is 41.0 Å². The summed E-state index contributed by atoms with van der Waals surface area (Å²) in [5.41, 5.74) is 9.84. The number of hydrogen-bond donors (Lipinski definition) is 3. The lowest BCUT2D eigenvalue weighted by molar-refractivity contribution is -0.121. The van der Waals surface area contributed by atoms with E-state index >= 15 is 0 Å². The summed E-state index contributed by atoms with van der Waals surface area (Å²) in [7, 11) is 0. The second kappa shape index (κ2) is 9.62. The average Bonchev–Trinajstić information content (AvgIpc) is 3.24. The zero-order valence-electron chi connectivity index (χ0n) is 19.4. The van der Waals surface area contributed by atoms with E-state index < -0.39 is 12.0 Å². The molecule has 0 saturated heterocycles. The first-order chi connectivity index (χ1) is 17.0. The third kappa shape index (κ3) is 4.62. The molecule has 35 heavy (non-hydrogen) atoms. The summed E-state index contributed by atoms with van der Waals surface area (Å²) in [4.78, 5) is 30.2. The van der Waals surface area contributed by atoms with Gasteiger partial charge < -0.3 is 20.7 Å². The van der Waals surface area contributed by atoms with Crippen molar-refractivity contribution in [3.8, 4) is 11.4 Å². The second-order valence-electron chi connectivity index (χ2n) is 9.13. The largest absolute Gasteiger partial charge is 0.478 e. The van der Waals surface area contributed by atoms with E-state index in [0.29, 0.717) is 17.2 Å². The summed E-state index contributed by atoms with van der Waals surface area (Å²) >= 11 is 0. The first-order valence-electron chi connectivity index (χ1n) is 12.0. The zero-order valence-corrected chi connectivity index (χ0v) is 19.4. The fourth-order valence-electron chi connectivity index (χ4n) is 5.12. The number of carboxylic acid groups (broad SMARTS) is 1. The average molecular weight is 469 g/mol. The molecule has 1 unspecified atom stereocenters. The minimum atomic E-state index is -0.980. The van der Waals surface area contributed by atoms with E-state index in [0.717, 1.165) is 42.3 Å². The van der Waals surface area contributed by atoms with Crippen molar-refractivity contribution in [2.45, 2.75) is 38.1 Å². The molecule has 0 bridgehead atoms. The maximum absolute atomic E-state index is 13.9. The Morgan fingerprint density at radius 3 is 2.43 bits per heavy atom. The number of imidazole rings is 1. The first-order valence-corrected chi connectivity index (χ1v) is 12.0. The van der Waals surface area contributed by atoms with Gasteiger partial charge in [0.1, 0.15) is 11.9 Å². The number of nitrogens with zero attached hydrogens (tertiary/aromatic N) is 2. The Morgan fingerprint density at radius 2 is 1.71 bits per heavy atom. The van der Waals surface area contributed by atoms with Crippen molar-refractivity contribution in [3.63, 3.8) is 0 Å². The van der Waals surface area contributed by atoms with Crippen molar-refractivity contribution in [3.05, 3.63) is 78.4 Å². The summed E-state index contributed by atoms with van der Waals surface area (Å²) in [6, 6.07) is 21.2. The van der Waals surface area contributed by atoms with Gasteiger partial charge in [-0.1, -0.05) is 49.6 Å². The quantitative estimate of drug-likeness (QED) is 0.312. The lowest BCUT2D eigenvalue weighted by atomic mass is 9.83. The fourth-order valence-corrected chi connectivity index (χ4v) is 5.12. The predicted molar refractivity (Wildman–Crippen MR) is 137 cm³/mol. The van der Waals surface area contributed by atoms with Crippen molar-refractivity contribution in [1.29, 1.82) is 0 Å². The molecule has 1 aliphatic carbocycles. The number of anilines is 2. The Balaban J connectivity index is 1.64. The Morgan fingerprint density at radius 1 is 0.971 bits per heavy atom. The molecule has 178 valence electrons. The van der Waals surface area contributed by atoms with Gasteiger partial charge in [0.15, 0.2) is 0 Å². The highest BCUT2D eigenvalue weighted by molar-refractivity contribution is 5.96. The number of carbonyl (C=O) groups excluding carboxylic acids is 1. The van der Waals surface area contributed by atoms with Crippen LogP contribution in [0.2, 0.25) is 0 Å². The number of aromatic carboxylic acids is 1. The van der Waals surface area contributed by atoms with E-state index in [1.54, 1.807) is 36.4 Å². The van der Waals surface area contributed by atoms with Crippen LogP contribution < -0.4 is 11.1 Å². The topological polar surface area (TPSA) is 110 Å². The van der Waals surface area contributed by atoms with Crippen LogP contribution in [0.25, 0.3) is 22.4 Å². The van der Waals surface area contributed by atoms with E-state index in [9.17, 15) is 14.7 Å². The molecule has 1 heterocycles. The van der Waals surface area contributed by atoms with Crippen molar-refractivity contribution >= 4 is 34.3 Å². The van der Waals surface area contributed by atoms with Gasteiger partial charge in [-0.2, -0.15) is 0 Å². The van der Waals surface area contributed by atoms with Crippen LogP contribution in [-0.4, -0.2) is 26.5 Å². The molecule has 3 aromatic carbocycles. The Kier molecular flexibility index (Phi) is 6.23. The molecule has 5 rings (SSSR count). The molecule has 0 radical (unpaired) electrons. The van der Waals surface area contributed by atoms with Crippen LogP contribution in [0.4, 0.5) is 11.4 Å². The van der Waals surface area contributed by atoms with E-state index in [1.165, 1.54) is 6.42 Å². The normalized spacial score (nSPS) is 15.1. The molecule has 1 aliphatic rings. The van der Waals surface area contributed by atoms with Crippen LogP contribution in [0.1, 0.15) is 48.5 Å². The van der Waals surface area contributed by atoms with Crippen LogP contribution >= 0.6 is 0 Å². The monoisotopic (exact) mass is 468 g/mol. The Bertz CT molecular complexity index is 1370. The number of nitrogens with two attached hydrogens (primary N) is 1. The number of hydrogen-bond acceptors (Lipinski definition) is 4. The SMILES string of the molecule is Nc1cccc(NC(=O)C(C2CCCCC2)n2c(-c3ccc(C(=O)O)cc3)nc3ccccc32)c1. The third-order valence-electron chi connectivity index (χ3n) is 6.78. The van der Waals surface area contributed by atoms with Gasteiger partial charge >= 0.3 is 5.97 Å². The lowest BCUT2D eigenvalue weighted by Crippen LogP contribution is -2.33. The van der Waals surface area contributed by atoms with Gasteiger partial charge in [0, 0.05) is 16.9 Å². The number of benzene rings is 3. The molecule has 1 amide bonds. The number of nitrogens with one attached hydrogen (secondary N) is 1. The smallest absolute Gasteiger partial charge is 0.335 e. The zero-order chi connectivity index (χ0) is 24.4. The standard InChI is InChI=1S/C28H28N4O3/c29-21-9-6-10-22(17-21)30-27(33)25(18-7-2-1-3-8-18)32-24-12-5-4-11-23(24)31-26(32)19-13-15-20(16-14-19)28(34)35/h4-6,9-18,25H,1-3,7-8,29H2,(H,30,33)(H,34,35). The van der Waals surface area contributed by atoms with Crippen LogP contribution in [0.5, 0.6) is 0 Å². The van der Waals surface area contributed by atoms with Crippen LogP contribution in [0, 0.1) is 5.92 Å². The summed E-state index contributed by atoms with van der Waals surface area (Å²) in [6.07, 6.45) is 5.26. The van der Waals surface area contributed by atoms with Crippen LogP contribution in [0.15, 0.2) is 72.8 Å². The van der Waals surface area contributed by atoms with E-state index in [-0.39, 0.29) is 17.4 Å². The highest BCUT2D eigenvalue weighted by Crippen LogP contribution is 2.39. The number of fused-ring (bicyclic) bond motifs is 1. The summed E-state index contributed by atoms with van der Waals surface area (Å²) in [6.45, 7) is 0. The molecule has 1 fully saturated rings. The Labute approximate surface area is 203 Å². The molecule has 0 spiro atoms. The second-order valence-corrected chi connectivity index (χ2v) is 9.13. The first kappa shape index (κ1) is 22.7. The molecule has 1 aromatic heterocycles. The maximum Gasteiger partial charge on any atom is 0.335 e. The molecular formula is C28H28N4O3. The van der Waals surface area contributed by atoms with Gasteiger partial charge in [-0.25, -0.2) is 9.78 Å². The number of amides is 1. The summed E-state index contributed by atoms with van der Waals surface area (Å²) < 4.78 is 2.04.